The van der Waals surface area contributed by atoms with Crippen LogP contribution < -0.4 is 4.74 Å². The number of aromatic nitrogens is 1. The van der Waals surface area contributed by atoms with Gasteiger partial charge < -0.3 is 4.74 Å². The molecule has 0 aliphatic carbocycles. The first kappa shape index (κ1) is 16.6. The van der Waals surface area contributed by atoms with Crippen LogP contribution in [0.3, 0.4) is 0 Å². The molecule has 1 heterocycles. The van der Waals surface area contributed by atoms with Crippen LogP contribution in [0.15, 0.2) is 78.9 Å². The maximum Gasteiger partial charge on any atom is 0.119 e. The van der Waals surface area contributed by atoms with Gasteiger partial charge in [0.1, 0.15) is 12.4 Å². The van der Waals surface area contributed by atoms with Crippen molar-refractivity contribution in [3.8, 4) is 17.0 Å². The van der Waals surface area contributed by atoms with E-state index in [-0.39, 0.29) is 0 Å². The smallest absolute Gasteiger partial charge is 0.119 e. The Bertz CT molecular complexity index is 1040. The van der Waals surface area contributed by atoms with Crippen LogP contribution in [0.5, 0.6) is 5.75 Å². The van der Waals surface area contributed by atoms with Gasteiger partial charge in [0.2, 0.25) is 0 Å². The molecule has 0 aliphatic heterocycles. The molecule has 26 heavy (non-hydrogen) atoms. The molecule has 0 fully saturated rings. The van der Waals surface area contributed by atoms with Crippen LogP contribution in [0.1, 0.15) is 11.1 Å². The Kier molecular flexibility index (Phi) is 4.59. The normalized spacial score (nSPS) is 10.8. The Morgan fingerprint density at radius 3 is 2.42 bits per heavy atom. The first-order chi connectivity index (χ1) is 12.7. The van der Waals surface area contributed by atoms with Gasteiger partial charge in [0.05, 0.1) is 11.2 Å². The zero-order valence-corrected chi connectivity index (χ0v) is 15.2. The molecule has 0 saturated carbocycles. The van der Waals surface area contributed by atoms with E-state index in [1.54, 1.807) is 0 Å². The van der Waals surface area contributed by atoms with Crippen molar-refractivity contribution >= 4 is 22.5 Å². The van der Waals surface area contributed by atoms with Crippen molar-refractivity contribution in [1.82, 2.24) is 4.98 Å². The van der Waals surface area contributed by atoms with E-state index in [9.17, 15) is 0 Å². The Balaban J connectivity index is 1.77. The summed E-state index contributed by atoms with van der Waals surface area (Å²) in [6, 6.07) is 26.1. The molecule has 0 aliphatic rings. The summed E-state index contributed by atoms with van der Waals surface area (Å²) in [6.07, 6.45) is 0. The van der Waals surface area contributed by atoms with E-state index in [0.717, 1.165) is 33.5 Å². The van der Waals surface area contributed by atoms with Crippen LogP contribution in [0, 0.1) is 6.92 Å². The predicted molar refractivity (Wildman–Crippen MR) is 108 cm³/mol. The summed E-state index contributed by atoms with van der Waals surface area (Å²) in [5.74, 6) is 0.844. The monoisotopic (exact) mass is 359 g/mol. The Morgan fingerprint density at radius 2 is 1.65 bits per heavy atom. The highest BCUT2D eigenvalue weighted by Gasteiger charge is 2.09. The second-order valence-electron chi connectivity index (χ2n) is 6.30. The molecule has 0 amide bonds. The lowest BCUT2D eigenvalue weighted by Crippen LogP contribution is -1.99. The second kappa shape index (κ2) is 7.19. The first-order valence-corrected chi connectivity index (χ1v) is 8.91. The van der Waals surface area contributed by atoms with Crippen LogP contribution in [0.4, 0.5) is 0 Å². The number of fused-ring (bicyclic) bond motifs is 1. The van der Waals surface area contributed by atoms with Crippen LogP contribution in [0.2, 0.25) is 5.02 Å². The largest absolute Gasteiger partial charge is 0.489 e. The third kappa shape index (κ3) is 3.56. The highest BCUT2D eigenvalue weighted by Crippen LogP contribution is 2.28. The zero-order chi connectivity index (χ0) is 17.9. The summed E-state index contributed by atoms with van der Waals surface area (Å²) in [5, 5.41) is 1.72. The van der Waals surface area contributed by atoms with E-state index in [1.807, 2.05) is 48.5 Å². The molecule has 0 unspecified atom stereocenters. The van der Waals surface area contributed by atoms with Gasteiger partial charge in [-0.2, -0.15) is 0 Å². The average Bonchev–Trinajstić information content (AvgIpc) is 2.67. The van der Waals surface area contributed by atoms with Crippen molar-refractivity contribution in [2.24, 2.45) is 0 Å². The molecule has 0 bridgehead atoms. The molecule has 128 valence electrons. The van der Waals surface area contributed by atoms with E-state index in [4.69, 9.17) is 21.3 Å². The fourth-order valence-electron chi connectivity index (χ4n) is 2.94. The quantitative estimate of drug-likeness (QED) is 0.418. The molecular weight excluding hydrogens is 342 g/mol. The number of para-hydroxylation sites is 1. The van der Waals surface area contributed by atoms with Gasteiger partial charge in [0.25, 0.3) is 0 Å². The number of aryl methyl sites for hydroxylation is 1. The number of rotatable bonds is 4. The molecule has 0 saturated heterocycles. The molecule has 0 radical (unpaired) electrons. The molecule has 3 heteroatoms. The first-order valence-electron chi connectivity index (χ1n) is 8.53. The van der Waals surface area contributed by atoms with Crippen molar-refractivity contribution in [1.29, 1.82) is 0 Å². The lowest BCUT2D eigenvalue weighted by molar-refractivity contribution is 0.307. The average molecular weight is 360 g/mol. The fraction of sp³-hybridized carbons (Fsp3) is 0.0870. The molecular formula is C23H18ClNO. The van der Waals surface area contributed by atoms with Crippen LogP contribution in [0.25, 0.3) is 22.2 Å². The summed E-state index contributed by atoms with van der Waals surface area (Å²) in [4.78, 5) is 4.82. The van der Waals surface area contributed by atoms with Crippen molar-refractivity contribution in [2.75, 3.05) is 0 Å². The van der Waals surface area contributed by atoms with E-state index in [2.05, 4.69) is 37.3 Å². The third-order valence-corrected chi connectivity index (χ3v) is 4.58. The number of hydrogen-bond donors (Lipinski definition) is 0. The highest BCUT2D eigenvalue weighted by molar-refractivity contribution is 6.31. The SMILES string of the molecule is Cc1ccc(-c2cc(COc3ccccc3)c3cc(Cl)ccc3n2)cc1. The summed E-state index contributed by atoms with van der Waals surface area (Å²) in [6.45, 7) is 2.54. The molecule has 1 aromatic heterocycles. The molecule has 0 spiro atoms. The van der Waals surface area contributed by atoms with Gasteiger partial charge in [-0.1, -0.05) is 59.6 Å². The second-order valence-corrected chi connectivity index (χ2v) is 6.73. The topological polar surface area (TPSA) is 22.1 Å². The summed E-state index contributed by atoms with van der Waals surface area (Å²) in [7, 11) is 0. The van der Waals surface area contributed by atoms with Gasteiger partial charge in [-0.15, -0.1) is 0 Å². The van der Waals surface area contributed by atoms with Gasteiger partial charge in [-0.3, -0.25) is 0 Å². The number of nitrogens with zero attached hydrogens (tertiary/aromatic N) is 1. The standard InChI is InChI=1S/C23H18ClNO/c1-16-7-9-17(10-8-16)23-13-18(15-26-20-5-3-2-4-6-20)21-14-19(24)11-12-22(21)25-23/h2-14H,15H2,1H3. The molecule has 2 nitrogen and oxygen atoms in total. The number of benzene rings is 3. The lowest BCUT2D eigenvalue weighted by Gasteiger charge is -2.12. The Labute approximate surface area is 158 Å². The van der Waals surface area contributed by atoms with Crippen molar-refractivity contribution < 1.29 is 4.74 Å². The van der Waals surface area contributed by atoms with E-state index in [0.29, 0.717) is 11.6 Å². The van der Waals surface area contributed by atoms with Crippen LogP contribution in [-0.2, 0) is 6.61 Å². The molecule has 3 aromatic carbocycles. The van der Waals surface area contributed by atoms with Gasteiger partial charge in [-0.25, -0.2) is 4.98 Å². The Morgan fingerprint density at radius 1 is 0.885 bits per heavy atom. The van der Waals surface area contributed by atoms with Crippen LogP contribution in [-0.4, -0.2) is 4.98 Å². The lowest BCUT2D eigenvalue weighted by atomic mass is 10.0. The van der Waals surface area contributed by atoms with Gasteiger partial charge >= 0.3 is 0 Å². The number of ether oxygens (including phenoxy) is 1. The van der Waals surface area contributed by atoms with Gasteiger partial charge in [-0.05, 0) is 43.3 Å². The number of halogens is 1. The summed E-state index contributed by atoms with van der Waals surface area (Å²) in [5.41, 5.74) is 5.24. The zero-order valence-electron chi connectivity index (χ0n) is 14.4. The Hall–Kier alpha value is -2.84. The molecule has 0 N–H and O–H groups in total. The van der Waals surface area contributed by atoms with Crippen molar-refractivity contribution in [2.45, 2.75) is 13.5 Å². The molecule has 4 aromatic rings. The minimum atomic E-state index is 0.461. The van der Waals surface area contributed by atoms with Crippen LogP contribution >= 0.6 is 11.6 Å². The maximum absolute atomic E-state index is 6.21. The van der Waals surface area contributed by atoms with E-state index >= 15 is 0 Å². The third-order valence-electron chi connectivity index (χ3n) is 4.34. The van der Waals surface area contributed by atoms with Crippen molar-refractivity contribution in [3.63, 3.8) is 0 Å². The minimum Gasteiger partial charge on any atom is -0.489 e. The summed E-state index contributed by atoms with van der Waals surface area (Å²) >= 11 is 6.21. The maximum atomic E-state index is 6.21. The van der Waals surface area contributed by atoms with Crippen molar-refractivity contribution in [3.05, 3.63) is 95.0 Å². The summed E-state index contributed by atoms with van der Waals surface area (Å²) < 4.78 is 5.98. The number of pyridine rings is 1. The molecule has 0 atom stereocenters. The van der Waals surface area contributed by atoms with Gasteiger partial charge in [0.15, 0.2) is 0 Å². The fourth-order valence-corrected chi connectivity index (χ4v) is 3.11. The van der Waals surface area contributed by atoms with E-state index < -0.39 is 0 Å². The number of hydrogen-bond acceptors (Lipinski definition) is 2. The predicted octanol–water partition coefficient (Wildman–Crippen LogP) is 6.44. The van der Waals surface area contributed by atoms with E-state index in [1.165, 1.54) is 5.56 Å². The highest BCUT2D eigenvalue weighted by atomic mass is 35.5. The molecule has 4 rings (SSSR count). The van der Waals surface area contributed by atoms with Gasteiger partial charge in [0, 0.05) is 21.5 Å². The minimum absolute atomic E-state index is 0.461.